The second kappa shape index (κ2) is 5.83. The van der Waals surface area contributed by atoms with Crippen molar-refractivity contribution in [1.29, 1.82) is 0 Å². The van der Waals surface area contributed by atoms with Gasteiger partial charge in [-0.05, 0) is 17.2 Å². The summed E-state index contributed by atoms with van der Waals surface area (Å²) in [5.74, 6) is -1.03. The molecule has 2 aromatic rings. The quantitative estimate of drug-likeness (QED) is 0.523. The molecule has 0 amide bonds. The first-order chi connectivity index (χ1) is 9.50. The molecular weight excluding hydrogens is 326 g/mol. The smallest absolute Gasteiger partial charge is 0.336 e. The maximum atomic E-state index is 11.2. The number of carbonyl (C=O) groups is 1. The van der Waals surface area contributed by atoms with Crippen LogP contribution in [0.3, 0.4) is 0 Å². The first-order valence-electron chi connectivity index (χ1n) is 5.71. The normalized spacial score (nSPS) is 11.8. The van der Waals surface area contributed by atoms with E-state index < -0.39 is 15.7 Å². The predicted molar refractivity (Wildman–Crippen MR) is 77.3 cm³/mol. The minimum Gasteiger partial charge on any atom is -0.478 e. The molecule has 0 aromatic heterocycles. The van der Waals surface area contributed by atoms with Gasteiger partial charge in [0.1, 0.15) is 0 Å². The van der Waals surface area contributed by atoms with Gasteiger partial charge in [-0.25, -0.2) is 4.79 Å². The van der Waals surface area contributed by atoms with E-state index in [2.05, 4.69) is 15.9 Å². The van der Waals surface area contributed by atoms with Gasteiger partial charge >= 0.3 is 5.97 Å². The van der Waals surface area contributed by atoms with E-state index in [9.17, 15) is 20.0 Å². The number of nitro groups is 1. The molecule has 0 saturated heterocycles. The zero-order chi connectivity index (χ0) is 14.7. The molecule has 0 aliphatic heterocycles. The minimum atomic E-state index is -1.03. The molecular formula is C14H10BrNO4. The molecule has 2 aromatic carbocycles. The zero-order valence-electron chi connectivity index (χ0n) is 10.2. The first-order valence-corrected chi connectivity index (χ1v) is 6.63. The van der Waals surface area contributed by atoms with E-state index in [-0.39, 0.29) is 11.3 Å². The summed E-state index contributed by atoms with van der Waals surface area (Å²) in [5.41, 5.74) is 1.33. The number of non-ortho nitro benzene ring substituents is 1. The lowest BCUT2D eigenvalue weighted by Gasteiger charge is -2.13. The Kier molecular flexibility index (Phi) is 4.14. The number of hydrogen-bond donors (Lipinski definition) is 1. The fraction of sp³-hybridized carbons (Fsp3) is 0.0714. The summed E-state index contributed by atoms with van der Waals surface area (Å²) < 4.78 is 0. The summed E-state index contributed by atoms with van der Waals surface area (Å²) in [6.07, 6.45) is 0. The van der Waals surface area contributed by atoms with Gasteiger partial charge in [0, 0.05) is 12.1 Å². The van der Waals surface area contributed by atoms with Gasteiger partial charge in [-0.15, -0.1) is 0 Å². The molecule has 0 aliphatic rings. The molecule has 6 heteroatoms. The summed E-state index contributed by atoms with van der Waals surface area (Å²) in [6, 6.07) is 12.7. The van der Waals surface area contributed by atoms with Gasteiger partial charge in [0.2, 0.25) is 0 Å². The molecule has 0 aliphatic carbocycles. The van der Waals surface area contributed by atoms with Crippen LogP contribution >= 0.6 is 15.9 Å². The topological polar surface area (TPSA) is 80.4 Å². The fourth-order valence-electron chi connectivity index (χ4n) is 1.89. The molecule has 1 N–H and O–H groups in total. The van der Waals surface area contributed by atoms with E-state index in [1.165, 1.54) is 18.2 Å². The van der Waals surface area contributed by atoms with Crippen molar-refractivity contribution in [3.05, 3.63) is 75.3 Å². The van der Waals surface area contributed by atoms with E-state index in [0.29, 0.717) is 11.1 Å². The van der Waals surface area contributed by atoms with E-state index >= 15 is 0 Å². The summed E-state index contributed by atoms with van der Waals surface area (Å²) in [7, 11) is 0. The molecule has 0 heterocycles. The van der Waals surface area contributed by atoms with Gasteiger partial charge in [0.05, 0.1) is 15.3 Å². The molecule has 102 valence electrons. The van der Waals surface area contributed by atoms with Gasteiger partial charge in [0.25, 0.3) is 5.69 Å². The third-order valence-electron chi connectivity index (χ3n) is 2.84. The molecule has 1 atom stereocenters. The average Bonchev–Trinajstić information content (AvgIpc) is 2.46. The number of hydrogen-bond acceptors (Lipinski definition) is 3. The van der Waals surface area contributed by atoms with Gasteiger partial charge in [-0.3, -0.25) is 10.1 Å². The highest BCUT2D eigenvalue weighted by Gasteiger charge is 2.19. The predicted octanol–water partition coefficient (Wildman–Crippen LogP) is 3.78. The first kappa shape index (κ1) is 14.2. The molecule has 5 nitrogen and oxygen atoms in total. The SMILES string of the molecule is O=C(O)c1ccccc1[C@H](Br)c1cccc([N+](=O)[O-])c1. The number of carboxylic acids is 1. The Morgan fingerprint density at radius 1 is 1.20 bits per heavy atom. The van der Waals surface area contributed by atoms with E-state index in [1.54, 1.807) is 30.3 Å². The second-order valence-electron chi connectivity index (χ2n) is 4.11. The Morgan fingerprint density at radius 3 is 2.55 bits per heavy atom. The second-order valence-corrected chi connectivity index (χ2v) is 5.02. The molecule has 0 fully saturated rings. The van der Waals surface area contributed by atoms with Gasteiger partial charge in [-0.2, -0.15) is 0 Å². The van der Waals surface area contributed by atoms with Crippen LogP contribution in [0.2, 0.25) is 0 Å². The number of nitro benzene ring substituents is 1. The van der Waals surface area contributed by atoms with Crippen molar-refractivity contribution < 1.29 is 14.8 Å². The van der Waals surface area contributed by atoms with Crippen LogP contribution in [0.1, 0.15) is 26.3 Å². The van der Waals surface area contributed by atoms with Crippen LogP contribution in [0.25, 0.3) is 0 Å². The van der Waals surface area contributed by atoms with Crippen LogP contribution in [-0.4, -0.2) is 16.0 Å². The number of carboxylic acid groups (broad SMARTS) is 1. The minimum absolute atomic E-state index is 0.0280. The van der Waals surface area contributed by atoms with E-state index in [1.807, 2.05) is 0 Å². The number of alkyl halides is 1. The van der Waals surface area contributed by atoms with Crippen molar-refractivity contribution in [3.63, 3.8) is 0 Å². The number of halogens is 1. The summed E-state index contributed by atoms with van der Waals surface area (Å²) in [4.78, 5) is 21.1. The van der Waals surface area contributed by atoms with Crippen molar-refractivity contribution in [2.75, 3.05) is 0 Å². The van der Waals surface area contributed by atoms with Crippen molar-refractivity contribution in [2.24, 2.45) is 0 Å². The lowest BCUT2D eigenvalue weighted by atomic mass is 9.99. The third-order valence-corrected chi connectivity index (χ3v) is 3.86. The molecule has 0 bridgehead atoms. The maximum Gasteiger partial charge on any atom is 0.336 e. The number of rotatable bonds is 4. The van der Waals surface area contributed by atoms with E-state index in [4.69, 9.17) is 0 Å². The Bertz CT molecular complexity index is 672. The number of aromatic carboxylic acids is 1. The Hall–Kier alpha value is -2.21. The van der Waals surface area contributed by atoms with Crippen molar-refractivity contribution >= 4 is 27.6 Å². The van der Waals surface area contributed by atoms with E-state index in [0.717, 1.165) is 0 Å². The van der Waals surface area contributed by atoms with Crippen molar-refractivity contribution in [2.45, 2.75) is 4.83 Å². The highest BCUT2D eigenvalue weighted by atomic mass is 79.9. The number of nitrogens with zero attached hydrogens (tertiary/aromatic N) is 1. The summed E-state index contributed by atoms with van der Waals surface area (Å²) in [5, 5.41) is 20.0. The fourth-order valence-corrected chi connectivity index (χ4v) is 2.57. The maximum absolute atomic E-state index is 11.2. The van der Waals surface area contributed by atoms with Gasteiger partial charge in [0.15, 0.2) is 0 Å². The Labute approximate surface area is 123 Å². The lowest BCUT2D eigenvalue weighted by molar-refractivity contribution is -0.384. The summed E-state index contributed by atoms with van der Waals surface area (Å²) in [6.45, 7) is 0. The molecule has 0 radical (unpaired) electrons. The molecule has 20 heavy (non-hydrogen) atoms. The highest BCUT2D eigenvalue weighted by molar-refractivity contribution is 9.09. The molecule has 0 saturated carbocycles. The van der Waals surface area contributed by atoms with Gasteiger partial charge < -0.3 is 5.11 Å². The summed E-state index contributed by atoms with van der Waals surface area (Å²) >= 11 is 3.41. The highest BCUT2D eigenvalue weighted by Crippen LogP contribution is 2.34. The van der Waals surface area contributed by atoms with Crippen molar-refractivity contribution in [3.8, 4) is 0 Å². The van der Waals surface area contributed by atoms with Gasteiger partial charge in [-0.1, -0.05) is 46.3 Å². The van der Waals surface area contributed by atoms with Crippen LogP contribution in [-0.2, 0) is 0 Å². The zero-order valence-corrected chi connectivity index (χ0v) is 11.8. The molecule has 0 unspecified atom stereocenters. The number of benzene rings is 2. The van der Waals surface area contributed by atoms with Crippen LogP contribution in [0.15, 0.2) is 48.5 Å². The van der Waals surface area contributed by atoms with Crippen LogP contribution in [0.5, 0.6) is 0 Å². The third kappa shape index (κ3) is 2.85. The Balaban J connectivity index is 2.46. The largest absolute Gasteiger partial charge is 0.478 e. The average molecular weight is 336 g/mol. The monoisotopic (exact) mass is 335 g/mol. The molecule has 0 spiro atoms. The standard InChI is InChI=1S/C14H10BrNO4/c15-13(9-4-3-5-10(8-9)16(19)20)11-6-1-2-7-12(11)14(17)18/h1-8,13H,(H,17,18)/t13-/m1/s1. The Morgan fingerprint density at radius 2 is 1.90 bits per heavy atom. The van der Waals surface area contributed by atoms with Crippen LogP contribution in [0.4, 0.5) is 5.69 Å². The van der Waals surface area contributed by atoms with Crippen molar-refractivity contribution in [1.82, 2.24) is 0 Å². The molecule has 2 rings (SSSR count). The van der Waals surface area contributed by atoms with Crippen LogP contribution < -0.4 is 0 Å². The van der Waals surface area contributed by atoms with Crippen LogP contribution in [0, 0.1) is 10.1 Å². The lowest BCUT2D eigenvalue weighted by Crippen LogP contribution is -2.04.